The van der Waals surface area contributed by atoms with Gasteiger partial charge in [-0.25, -0.2) is 4.79 Å². The van der Waals surface area contributed by atoms with Crippen LogP contribution in [0, 0.1) is 13.8 Å². The van der Waals surface area contributed by atoms with Crippen LogP contribution in [-0.4, -0.2) is 21.6 Å². The lowest BCUT2D eigenvalue weighted by atomic mass is 9.99. The summed E-state index contributed by atoms with van der Waals surface area (Å²) in [6, 6.07) is 31.2. The van der Waals surface area contributed by atoms with E-state index in [-0.39, 0.29) is 11.9 Å². The summed E-state index contributed by atoms with van der Waals surface area (Å²) in [7, 11) is 0. The zero-order valence-electron chi connectivity index (χ0n) is 23.1. The lowest BCUT2D eigenvalue weighted by Gasteiger charge is -2.19. The molecule has 0 aliphatic heterocycles. The molecule has 0 aliphatic carbocycles. The highest BCUT2D eigenvalue weighted by Gasteiger charge is 2.18. The predicted octanol–water partition coefficient (Wildman–Crippen LogP) is 7.94. The molecule has 1 amide bonds. The molecule has 0 fully saturated rings. The van der Waals surface area contributed by atoms with Gasteiger partial charge in [0.2, 0.25) is 0 Å². The smallest absolute Gasteiger partial charge is 0.336 e. The Morgan fingerprint density at radius 1 is 0.875 bits per heavy atom. The van der Waals surface area contributed by atoms with Crippen LogP contribution in [0.25, 0.3) is 22.0 Å². The second-order valence-corrected chi connectivity index (χ2v) is 10.3. The van der Waals surface area contributed by atoms with Crippen LogP contribution in [0.2, 0.25) is 0 Å². The maximum Gasteiger partial charge on any atom is 0.336 e. The van der Waals surface area contributed by atoms with Crippen LogP contribution in [0.4, 0.5) is 0 Å². The van der Waals surface area contributed by atoms with E-state index < -0.39 is 5.97 Å². The summed E-state index contributed by atoms with van der Waals surface area (Å²) in [6.07, 6.45) is 1.86. The highest BCUT2D eigenvalue weighted by molar-refractivity contribution is 5.99. The van der Waals surface area contributed by atoms with Crippen molar-refractivity contribution >= 4 is 22.8 Å². The molecule has 0 bridgehead atoms. The number of carbonyl (C=O) groups is 2. The lowest BCUT2D eigenvalue weighted by molar-refractivity contribution is 0.0697. The predicted molar refractivity (Wildman–Crippen MR) is 161 cm³/mol. The molecule has 1 heterocycles. The fourth-order valence-electron chi connectivity index (χ4n) is 5.43. The van der Waals surface area contributed by atoms with Gasteiger partial charge in [-0.15, -0.1) is 0 Å². The van der Waals surface area contributed by atoms with E-state index in [1.54, 1.807) is 12.1 Å². The van der Waals surface area contributed by atoms with E-state index in [9.17, 15) is 14.7 Å². The molecule has 4 aromatic carbocycles. The van der Waals surface area contributed by atoms with Gasteiger partial charge in [-0.05, 0) is 72.4 Å². The number of benzene rings is 4. The number of fused-ring (bicyclic) bond motifs is 1. The summed E-state index contributed by atoms with van der Waals surface area (Å²) < 4.78 is 2.27. The van der Waals surface area contributed by atoms with Crippen molar-refractivity contribution in [3.05, 3.63) is 131 Å². The normalized spacial score (nSPS) is 11.9. The molecule has 5 aromatic rings. The number of aromatic nitrogens is 1. The van der Waals surface area contributed by atoms with Crippen molar-refractivity contribution in [2.24, 2.45) is 0 Å². The fraction of sp³-hybridized carbons (Fsp3) is 0.200. The Bertz CT molecular complexity index is 1670. The topological polar surface area (TPSA) is 71.3 Å². The molecule has 1 aromatic heterocycles. The minimum Gasteiger partial charge on any atom is -0.478 e. The highest BCUT2D eigenvalue weighted by Crippen LogP contribution is 2.29. The summed E-state index contributed by atoms with van der Waals surface area (Å²) in [5, 5.41) is 13.9. The van der Waals surface area contributed by atoms with Crippen LogP contribution in [0.1, 0.15) is 68.9 Å². The number of amides is 1. The Morgan fingerprint density at radius 2 is 1.57 bits per heavy atom. The van der Waals surface area contributed by atoms with Crippen molar-refractivity contribution < 1.29 is 14.7 Å². The van der Waals surface area contributed by atoms with Gasteiger partial charge in [-0.2, -0.15) is 0 Å². The molecule has 0 saturated heterocycles. The van der Waals surface area contributed by atoms with E-state index in [2.05, 4.69) is 42.8 Å². The van der Waals surface area contributed by atoms with Crippen molar-refractivity contribution in [1.82, 2.24) is 9.88 Å². The first-order chi connectivity index (χ1) is 19.4. The Kier molecular flexibility index (Phi) is 7.83. The van der Waals surface area contributed by atoms with E-state index in [0.717, 1.165) is 51.7 Å². The van der Waals surface area contributed by atoms with E-state index in [1.807, 2.05) is 72.8 Å². The molecule has 2 N–H and O–H groups in total. The van der Waals surface area contributed by atoms with Gasteiger partial charge in [0, 0.05) is 28.7 Å². The molecule has 0 saturated carbocycles. The molecule has 5 rings (SSSR count). The molecular weight excluding hydrogens is 496 g/mol. The van der Waals surface area contributed by atoms with Crippen LogP contribution in [0.5, 0.6) is 0 Å². The first kappa shape index (κ1) is 26.9. The Labute approximate surface area is 235 Å². The van der Waals surface area contributed by atoms with Crippen molar-refractivity contribution in [3.63, 3.8) is 0 Å². The van der Waals surface area contributed by atoms with E-state index in [0.29, 0.717) is 23.2 Å². The van der Waals surface area contributed by atoms with Gasteiger partial charge in [-0.1, -0.05) is 86.1 Å². The summed E-state index contributed by atoms with van der Waals surface area (Å²) in [4.78, 5) is 25.0. The maximum absolute atomic E-state index is 13.3. The number of aryl methyl sites for hydroxylation is 1. The molecule has 1 atom stereocenters. The third kappa shape index (κ3) is 5.41. The monoisotopic (exact) mass is 530 g/mol. The second kappa shape index (κ2) is 11.6. The van der Waals surface area contributed by atoms with Gasteiger partial charge < -0.3 is 15.0 Å². The number of carbonyl (C=O) groups excluding carboxylic acids is 1. The first-order valence-corrected chi connectivity index (χ1v) is 13.7. The number of hydrogen-bond acceptors (Lipinski definition) is 2. The standard InChI is InChI=1S/C35H34N2O3/c1-4-10-32(27-11-6-5-7-12-27)36-34(38)28-19-20-33-31(21-28)23(2)24(3)37(33)22-25-15-17-26(18-16-25)29-13-8-9-14-30(29)35(39)40/h5-9,11-21,32H,4,10,22H2,1-3H3,(H,36,38)(H,39,40). The quantitative estimate of drug-likeness (QED) is 0.203. The molecule has 1 unspecified atom stereocenters. The number of rotatable bonds is 9. The summed E-state index contributed by atoms with van der Waals surface area (Å²) in [5.74, 6) is -0.996. The molecule has 5 nitrogen and oxygen atoms in total. The van der Waals surface area contributed by atoms with E-state index in [4.69, 9.17) is 0 Å². The third-order valence-corrected chi connectivity index (χ3v) is 7.75. The molecule has 40 heavy (non-hydrogen) atoms. The third-order valence-electron chi connectivity index (χ3n) is 7.75. The van der Waals surface area contributed by atoms with Gasteiger partial charge in [0.1, 0.15) is 0 Å². The molecule has 202 valence electrons. The highest BCUT2D eigenvalue weighted by atomic mass is 16.4. The first-order valence-electron chi connectivity index (χ1n) is 13.7. The van der Waals surface area contributed by atoms with Crippen LogP contribution in [0.15, 0.2) is 97.1 Å². The van der Waals surface area contributed by atoms with Crippen molar-refractivity contribution in [3.8, 4) is 11.1 Å². The van der Waals surface area contributed by atoms with Crippen LogP contribution in [0.3, 0.4) is 0 Å². The number of carboxylic acid groups (broad SMARTS) is 1. The van der Waals surface area contributed by atoms with Crippen LogP contribution >= 0.6 is 0 Å². The van der Waals surface area contributed by atoms with Gasteiger partial charge >= 0.3 is 5.97 Å². The Balaban J connectivity index is 1.39. The minimum absolute atomic E-state index is 0.0211. The van der Waals surface area contributed by atoms with Crippen molar-refractivity contribution in [2.45, 2.75) is 46.2 Å². The van der Waals surface area contributed by atoms with Crippen LogP contribution in [-0.2, 0) is 6.54 Å². The molecule has 0 aliphatic rings. The average Bonchev–Trinajstić information content (AvgIpc) is 3.22. The summed E-state index contributed by atoms with van der Waals surface area (Å²) in [5.41, 5.74) is 8.16. The minimum atomic E-state index is -0.932. The number of nitrogens with one attached hydrogen (secondary N) is 1. The fourth-order valence-corrected chi connectivity index (χ4v) is 5.43. The number of hydrogen-bond donors (Lipinski definition) is 2. The zero-order chi connectivity index (χ0) is 28.2. The van der Waals surface area contributed by atoms with Gasteiger partial charge in [0.25, 0.3) is 5.91 Å². The maximum atomic E-state index is 13.3. The van der Waals surface area contributed by atoms with Crippen molar-refractivity contribution in [1.29, 1.82) is 0 Å². The zero-order valence-corrected chi connectivity index (χ0v) is 23.1. The summed E-state index contributed by atoms with van der Waals surface area (Å²) >= 11 is 0. The lowest BCUT2D eigenvalue weighted by Crippen LogP contribution is -2.28. The van der Waals surface area contributed by atoms with E-state index in [1.165, 1.54) is 0 Å². The number of carboxylic acids is 1. The molecule has 5 heteroatoms. The average molecular weight is 531 g/mol. The van der Waals surface area contributed by atoms with E-state index >= 15 is 0 Å². The SMILES string of the molecule is CCCC(NC(=O)c1ccc2c(c1)c(C)c(C)n2Cc1ccc(-c2ccccc2C(=O)O)cc1)c1ccccc1. The van der Waals surface area contributed by atoms with Crippen LogP contribution < -0.4 is 5.32 Å². The molecule has 0 radical (unpaired) electrons. The number of aromatic carboxylic acids is 1. The number of nitrogens with zero attached hydrogens (tertiary/aromatic N) is 1. The Hall–Kier alpha value is -4.64. The second-order valence-electron chi connectivity index (χ2n) is 10.3. The van der Waals surface area contributed by atoms with Gasteiger partial charge in [0.15, 0.2) is 0 Å². The molecule has 0 spiro atoms. The summed E-state index contributed by atoms with van der Waals surface area (Å²) in [6.45, 7) is 7.02. The van der Waals surface area contributed by atoms with Gasteiger partial charge in [0.05, 0.1) is 11.6 Å². The Morgan fingerprint density at radius 3 is 2.27 bits per heavy atom. The van der Waals surface area contributed by atoms with Gasteiger partial charge in [-0.3, -0.25) is 4.79 Å². The molecular formula is C35H34N2O3. The largest absolute Gasteiger partial charge is 0.478 e. The van der Waals surface area contributed by atoms with Crippen molar-refractivity contribution in [2.75, 3.05) is 0 Å².